The van der Waals surface area contributed by atoms with Crippen molar-refractivity contribution in [3.63, 3.8) is 0 Å². The van der Waals surface area contributed by atoms with Gasteiger partial charge < -0.3 is 5.32 Å². The molecule has 0 heterocycles. The van der Waals surface area contributed by atoms with Crippen LogP contribution in [0.15, 0.2) is 23.3 Å². The van der Waals surface area contributed by atoms with Crippen LogP contribution < -0.4 is 10.7 Å². The molecule has 1 aromatic carbocycles. The van der Waals surface area contributed by atoms with Gasteiger partial charge in [0.1, 0.15) is 0 Å². The van der Waals surface area contributed by atoms with Crippen molar-refractivity contribution in [2.75, 3.05) is 5.32 Å². The molecule has 5 nitrogen and oxygen atoms in total. The fraction of sp³-hybridized carbons (Fsp3) is 0.438. The van der Waals surface area contributed by atoms with Crippen LogP contribution in [-0.2, 0) is 9.59 Å². The Hall–Kier alpha value is -2.17. The molecule has 21 heavy (non-hydrogen) atoms. The van der Waals surface area contributed by atoms with Crippen LogP contribution in [0, 0.1) is 13.8 Å². The number of aryl methyl sites for hydroxylation is 2. The fourth-order valence-corrected chi connectivity index (χ4v) is 1.60. The van der Waals surface area contributed by atoms with E-state index in [4.69, 9.17) is 0 Å². The van der Waals surface area contributed by atoms with E-state index in [2.05, 4.69) is 15.8 Å². The van der Waals surface area contributed by atoms with E-state index in [9.17, 15) is 9.59 Å². The molecule has 0 atom stereocenters. The lowest BCUT2D eigenvalue weighted by Crippen LogP contribution is -2.21. The van der Waals surface area contributed by atoms with Crippen molar-refractivity contribution in [2.45, 2.75) is 47.0 Å². The highest BCUT2D eigenvalue weighted by atomic mass is 16.2. The number of hydrogen-bond donors (Lipinski definition) is 2. The summed E-state index contributed by atoms with van der Waals surface area (Å²) in [6.45, 7) is 7.71. The number of carbonyl (C=O) groups is 2. The first-order valence-electron chi connectivity index (χ1n) is 7.11. The Balaban J connectivity index is 2.44. The molecule has 0 aliphatic carbocycles. The highest BCUT2D eigenvalue weighted by Gasteiger charge is 2.08. The molecule has 0 radical (unpaired) electrons. The van der Waals surface area contributed by atoms with E-state index in [-0.39, 0.29) is 24.7 Å². The van der Waals surface area contributed by atoms with Crippen molar-refractivity contribution >= 4 is 23.2 Å². The molecule has 0 saturated heterocycles. The molecular weight excluding hydrogens is 266 g/mol. The summed E-state index contributed by atoms with van der Waals surface area (Å²) in [4.78, 5) is 23.4. The molecule has 0 aromatic heterocycles. The Kier molecular flexibility index (Phi) is 6.59. The molecular formula is C16H23N3O2. The summed E-state index contributed by atoms with van der Waals surface area (Å²) in [5, 5.41) is 6.74. The van der Waals surface area contributed by atoms with Crippen LogP contribution in [0.5, 0.6) is 0 Å². The second-order valence-electron chi connectivity index (χ2n) is 5.10. The molecule has 5 heteroatoms. The quantitative estimate of drug-likeness (QED) is 0.624. The van der Waals surface area contributed by atoms with Crippen LogP contribution in [0.4, 0.5) is 5.69 Å². The number of nitrogens with one attached hydrogen (secondary N) is 2. The van der Waals surface area contributed by atoms with Gasteiger partial charge in [-0.2, -0.15) is 5.10 Å². The van der Waals surface area contributed by atoms with Crippen LogP contribution in [0.2, 0.25) is 0 Å². The van der Waals surface area contributed by atoms with Gasteiger partial charge in [-0.05, 0) is 44.4 Å². The number of hydrogen-bond acceptors (Lipinski definition) is 3. The normalized spacial score (nSPS) is 11.1. The van der Waals surface area contributed by atoms with Crippen molar-refractivity contribution < 1.29 is 9.59 Å². The van der Waals surface area contributed by atoms with Crippen molar-refractivity contribution in [1.29, 1.82) is 0 Å². The fourth-order valence-electron chi connectivity index (χ4n) is 1.60. The Morgan fingerprint density at radius 3 is 2.48 bits per heavy atom. The Morgan fingerprint density at radius 2 is 1.81 bits per heavy atom. The smallest absolute Gasteiger partial charge is 0.240 e. The van der Waals surface area contributed by atoms with Gasteiger partial charge in [0, 0.05) is 24.2 Å². The average molecular weight is 289 g/mol. The summed E-state index contributed by atoms with van der Waals surface area (Å²) < 4.78 is 0. The molecule has 0 aliphatic rings. The van der Waals surface area contributed by atoms with Gasteiger partial charge in [0.25, 0.3) is 0 Å². The zero-order valence-electron chi connectivity index (χ0n) is 13.1. The molecule has 1 rings (SSSR count). The number of amides is 2. The summed E-state index contributed by atoms with van der Waals surface area (Å²) >= 11 is 0. The number of rotatable bonds is 6. The predicted octanol–water partition coefficient (Wildman–Crippen LogP) is 2.92. The molecule has 1 aromatic rings. The largest absolute Gasteiger partial charge is 0.326 e. The SMILES string of the molecule is CC/C(C)=N/NC(=O)CCC(=O)Nc1cc(C)ccc1C. The van der Waals surface area contributed by atoms with Crippen LogP contribution in [-0.4, -0.2) is 17.5 Å². The minimum atomic E-state index is -0.251. The van der Waals surface area contributed by atoms with Gasteiger partial charge in [0.2, 0.25) is 11.8 Å². The van der Waals surface area contributed by atoms with Gasteiger partial charge in [0.15, 0.2) is 0 Å². The maximum atomic E-state index is 11.8. The standard InChI is InChI=1S/C16H23N3O2/c1-5-13(4)18-19-16(21)9-8-15(20)17-14-10-11(2)6-7-12(14)3/h6-7,10H,5,8-9H2,1-4H3,(H,17,20)(H,19,21)/b18-13+. The Bertz CT molecular complexity index is 550. The molecule has 2 N–H and O–H groups in total. The first-order valence-corrected chi connectivity index (χ1v) is 7.11. The third kappa shape index (κ3) is 6.21. The molecule has 0 unspecified atom stereocenters. The van der Waals surface area contributed by atoms with E-state index in [1.165, 1.54) is 0 Å². The lowest BCUT2D eigenvalue weighted by atomic mass is 10.1. The summed E-state index contributed by atoms with van der Waals surface area (Å²) in [7, 11) is 0. The number of carbonyl (C=O) groups excluding carboxylic acids is 2. The summed E-state index contributed by atoms with van der Waals surface area (Å²) in [5.74, 6) is -0.422. The molecule has 0 aliphatic heterocycles. The monoisotopic (exact) mass is 289 g/mol. The molecule has 0 fully saturated rings. The van der Waals surface area contributed by atoms with Gasteiger partial charge in [-0.15, -0.1) is 0 Å². The summed E-state index contributed by atoms with van der Waals surface area (Å²) in [5.41, 5.74) is 6.17. The van der Waals surface area contributed by atoms with Crippen LogP contribution in [0.1, 0.15) is 44.2 Å². The van der Waals surface area contributed by atoms with E-state index in [1.54, 1.807) is 0 Å². The maximum Gasteiger partial charge on any atom is 0.240 e. The van der Waals surface area contributed by atoms with Crippen LogP contribution >= 0.6 is 0 Å². The van der Waals surface area contributed by atoms with E-state index >= 15 is 0 Å². The lowest BCUT2D eigenvalue weighted by molar-refractivity contribution is -0.124. The zero-order valence-corrected chi connectivity index (χ0v) is 13.1. The van der Waals surface area contributed by atoms with Crippen LogP contribution in [0.3, 0.4) is 0 Å². The van der Waals surface area contributed by atoms with Gasteiger partial charge in [-0.25, -0.2) is 5.43 Å². The van der Waals surface area contributed by atoms with Crippen molar-refractivity contribution in [2.24, 2.45) is 5.10 Å². The Labute approximate surface area is 125 Å². The zero-order chi connectivity index (χ0) is 15.8. The highest BCUT2D eigenvalue weighted by Crippen LogP contribution is 2.16. The minimum absolute atomic E-state index is 0.122. The van der Waals surface area contributed by atoms with E-state index in [1.807, 2.05) is 45.9 Å². The molecule has 2 amide bonds. The van der Waals surface area contributed by atoms with Gasteiger partial charge in [-0.1, -0.05) is 19.1 Å². The molecule has 0 spiro atoms. The number of anilines is 1. The van der Waals surface area contributed by atoms with Crippen molar-refractivity contribution in [1.82, 2.24) is 5.43 Å². The average Bonchev–Trinajstić information content (AvgIpc) is 2.46. The lowest BCUT2D eigenvalue weighted by Gasteiger charge is -2.09. The molecule has 0 bridgehead atoms. The summed E-state index contributed by atoms with van der Waals surface area (Å²) in [6.07, 6.45) is 1.05. The van der Waals surface area contributed by atoms with E-state index < -0.39 is 0 Å². The van der Waals surface area contributed by atoms with Crippen molar-refractivity contribution in [3.8, 4) is 0 Å². The number of benzene rings is 1. The second kappa shape index (κ2) is 8.19. The Morgan fingerprint density at radius 1 is 1.14 bits per heavy atom. The third-order valence-electron chi connectivity index (χ3n) is 3.13. The first kappa shape index (κ1) is 16.9. The second-order valence-corrected chi connectivity index (χ2v) is 5.10. The van der Waals surface area contributed by atoms with E-state index in [0.717, 1.165) is 28.9 Å². The maximum absolute atomic E-state index is 11.8. The van der Waals surface area contributed by atoms with Gasteiger partial charge in [-0.3, -0.25) is 9.59 Å². The third-order valence-corrected chi connectivity index (χ3v) is 3.13. The van der Waals surface area contributed by atoms with E-state index in [0.29, 0.717) is 0 Å². The van der Waals surface area contributed by atoms with Crippen LogP contribution in [0.25, 0.3) is 0 Å². The van der Waals surface area contributed by atoms with Gasteiger partial charge in [0.05, 0.1) is 0 Å². The molecule has 0 saturated carbocycles. The first-order chi connectivity index (χ1) is 9.92. The highest BCUT2D eigenvalue weighted by molar-refractivity contribution is 5.94. The number of hydrazone groups is 1. The summed E-state index contributed by atoms with van der Waals surface area (Å²) in [6, 6.07) is 5.87. The van der Waals surface area contributed by atoms with Crippen molar-refractivity contribution in [3.05, 3.63) is 29.3 Å². The molecule has 114 valence electrons. The topological polar surface area (TPSA) is 70.6 Å². The predicted molar refractivity (Wildman–Crippen MR) is 85.3 cm³/mol. The van der Waals surface area contributed by atoms with Gasteiger partial charge >= 0.3 is 0 Å². The minimum Gasteiger partial charge on any atom is -0.326 e. The number of nitrogens with zero attached hydrogens (tertiary/aromatic N) is 1.